The number of amides is 2. The highest BCUT2D eigenvalue weighted by molar-refractivity contribution is 5.97. The lowest BCUT2D eigenvalue weighted by Gasteiger charge is -2.22. The normalized spacial score (nSPS) is 18.1. The third kappa shape index (κ3) is 3.85. The molecule has 0 radical (unpaired) electrons. The fraction of sp³-hybridized carbons (Fsp3) is 0.300. The van der Waals surface area contributed by atoms with Crippen LogP contribution in [-0.2, 0) is 9.59 Å². The van der Waals surface area contributed by atoms with Gasteiger partial charge in [-0.25, -0.2) is 4.39 Å². The molecule has 2 aromatic carbocycles. The summed E-state index contributed by atoms with van der Waals surface area (Å²) < 4.78 is 29.8. The van der Waals surface area contributed by atoms with Gasteiger partial charge in [0.15, 0.2) is 29.7 Å². The molecule has 2 amide bonds. The molecule has 146 valence electrons. The molecule has 0 aromatic heterocycles. The fourth-order valence-electron chi connectivity index (χ4n) is 3.23. The van der Waals surface area contributed by atoms with E-state index in [0.717, 1.165) is 0 Å². The number of hydrogen-bond acceptors (Lipinski definition) is 5. The van der Waals surface area contributed by atoms with Crippen LogP contribution in [-0.4, -0.2) is 44.2 Å². The highest BCUT2D eigenvalue weighted by Crippen LogP contribution is 2.35. The number of rotatable bonds is 5. The van der Waals surface area contributed by atoms with Crippen LogP contribution in [0.2, 0.25) is 0 Å². The number of anilines is 1. The van der Waals surface area contributed by atoms with Crippen molar-refractivity contribution in [1.29, 1.82) is 0 Å². The zero-order valence-electron chi connectivity index (χ0n) is 15.0. The van der Waals surface area contributed by atoms with Gasteiger partial charge in [0.1, 0.15) is 13.2 Å². The van der Waals surface area contributed by atoms with Crippen molar-refractivity contribution in [3.05, 3.63) is 48.3 Å². The van der Waals surface area contributed by atoms with E-state index < -0.39 is 11.7 Å². The van der Waals surface area contributed by atoms with Crippen molar-refractivity contribution < 1.29 is 28.2 Å². The molecule has 0 spiro atoms. The number of ether oxygens (including phenoxy) is 3. The highest BCUT2D eigenvalue weighted by Gasteiger charge is 2.32. The fourth-order valence-corrected chi connectivity index (χ4v) is 3.23. The predicted molar refractivity (Wildman–Crippen MR) is 98.2 cm³/mol. The molecule has 0 unspecified atom stereocenters. The van der Waals surface area contributed by atoms with Crippen LogP contribution in [0, 0.1) is 5.82 Å². The molecule has 8 heteroatoms. The van der Waals surface area contributed by atoms with Gasteiger partial charge in [-0.05, 0) is 24.3 Å². The minimum atomic E-state index is -0.531. The first kappa shape index (κ1) is 18.1. The van der Waals surface area contributed by atoms with Crippen molar-refractivity contribution in [2.75, 3.05) is 31.3 Å². The van der Waals surface area contributed by atoms with Crippen LogP contribution in [0.25, 0.3) is 0 Å². The Balaban J connectivity index is 1.34. The molecule has 28 heavy (non-hydrogen) atoms. The summed E-state index contributed by atoms with van der Waals surface area (Å²) in [6.07, 6.45) is 0.180. The van der Waals surface area contributed by atoms with E-state index in [9.17, 15) is 14.0 Å². The zero-order valence-corrected chi connectivity index (χ0v) is 15.0. The van der Waals surface area contributed by atoms with Gasteiger partial charge in [0.2, 0.25) is 5.91 Å². The molecule has 1 saturated heterocycles. The van der Waals surface area contributed by atoms with Crippen molar-refractivity contribution in [3.8, 4) is 17.2 Å². The maximum atomic E-state index is 13.5. The second-order valence-corrected chi connectivity index (χ2v) is 6.52. The largest absolute Gasteiger partial charge is 0.486 e. The Hall–Kier alpha value is -3.29. The summed E-state index contributed by atoms with van der Waals surface area (Å²) in [6, 6.07) is 10.8. The van der Waals surface area contributed by atoms with Gasteiger partial charge in [0.25, 0.3) is 5.91 Å². The van der Waals surface area contributed by atoms with E-state index in [1.165, 1.54) is 12.1 Å². The number of fused-ring (bicyclic) bond motifs is 1. The number of halogens is 1. The van der Waals surface area contributed by atoms with Gasteiger partial charge in [-0.1, -0.05) is 12.1 Å². The van der Waals surface area contributed by atoms with E-state index in [4.69, 9.17) is 14.2 Å². The summed E-state index contributed by atoms with van der Waals surface area (Å²) in [5.74, 6) is 0.218. The van der Waals surface area contributed by atoms with Crippen LogP contribution < -0.4 is 24.4 Å². The lowest BCUT2D eigenvalue weighted by Crippen LogP contribution is -2.39. The summed E-state index contributed by atoms with van der Waals surface area (Å²) in [5.41, 5.74) is 0.689. The van der Waals surface area contributed by atoms with Crippen molar-refractivity contribution in [1.82, 2.24) is 5.32 Å². The maximum absolute atomic E-state index is 13.5. The molecular weight excluding hydrogens is 367 g/mol. The second kappa shape index (κ2) is 7.75. The smallest absolute Gasteiger partial charge is 0.258 e. The quantitative estimate of drug-likeness (QED) is 0.849. The third-order valence-corrected chi connectivity index (χ3v) is 4.52. The third-order valence-electron chi connectivity index (χ3n) is 4.52. The standard InChI is InChI=1S/C20H19FN2O5/c21-15-3-1-2-4-16(15)28-12-19(24)22-13-9-20(25)23(11-13)14-5-6-17-18(10-14)27-8-7-26-17/h1-6,10,13H,7-9,11-12H2,(H,22,24)/t13-/m1/s1. The van der Waals surface area contributed by atoms with Gasteiger partial charge >= 0.3 is 0 Å². The minimum absolute atomic E-state index is 0.0121. The van der Waals surface area contributed by atoms with Gasteiger partial charge < -0.3 is 24.4 Å². The second-order valence-electron chi connectivity index (χ2n) is 6.52. The van der Waals surface area contributed by atoms with Crippen LogP contribution >= 0.6 is 0 Å². The molecule has 1 atom stereocenters. The molecule has 2 aliphatic heterocycles. The van der Waals surface area contributed by atoms with Gasteiger partial charge in [0, 0.05) is 24.7 Å². The Labute approximate surface area is 161 Å². The van der Waals surface area contributed by atoms with Crippen molar-refractivity contribution in [2.24, 2.45) is 0 Å². The van der Waals surface area contributed by atoms with Crippen LogP contribution in [0.3, 0.4) is 0 Å². The van der Waals surface area contributed by atoms with E-state index in [0.29, 0.717) is 36.9 Å². The van der Waals surface area contributed by atoms with Crippen LogP contribution in [0.5, 0.6) is 17.2 Å². The number of carbonyl (C=O) groups is 2. The van der Waals surface area contributed by atoms with Crippen molar-refractivity contribution >= 4 is 17.5 Å². The van der Waals surface area contributed by atoms with Gasteiger partial charge in [-0.3, -0.25) is 9.59 Å². The lowest BCUT2D eigenvalue weighted by molar-refractivity contribution is -0.123. The predicted octanol–water partition coefficient (Wildman–Crippen LogP) is 1.90. The molecular formula is C20H19FN2O5. The average Bonchev–Trinajstić information content (AvgIpc) is 3.07. The number of nitrogens with one attached hydrogen (secondary N) is 1. The number of carbonyl (C=O) groups excluding carboxylic acids is 2. The minimum Gasteiger partial charge on any atom is -0.486 e. The van der Waals surface area contributed by atoms with Gasteiger partial charge in [0.05, 0.1) is 6.04 Å². The van der Waals surface area contributed by atoms with E-state index in [1.807, 2.05) is 0 Å². The lowest BCUT2D eigenvalue weighted by atomic mass is 10.2. The molecule has 0 saturated carbocycles. The van der Waals surface area contributed by atoms with E-state index >= 15 is 0 Å². The molecule has 4 rings (SSSR count). The molecule has 0 aliphatic carbocycles. The molecule has 0 bridgehead atoms. The number of benzene rings is 2. The summed E-state index contributed by atoms with van der Waals surface area (Å²) in [6.45, 7) is 0.975. The monoisotopic (exact) mass is 386 g/mol. The molecule has 2 aliphatic rings. The number of hydrogen-bond donors (Lipinski definition) is 1. The maximum Gasteiger partial charge on any atom is 0.258 e. The van der Waals surface area contributed by atoms with E-state index in [2.05, 4.69) is 5.32 Å². The number of para-hydroxylation sites is 1. The summed E-state index contributed by atoms with van der Waals surface area (Å²) in [4.78, 5) is 26.1. The summed E-state index contributed by atoms with van der Waals surface area (Å²) in [7, 11) is 0. The van der Waals surface area contributed by atoms with Gasteiger partial charge in [-0.15, -0.1) is 0 Å². The highest BCUT2D eigenvalue weighted by atomic mass is 19.1. The van der Waals surface area contributed by atoms with Crippen LogP contribution in [0.1, 0.15) is 6.42 Å². The first-order chi connectivity index (χ1) is 13.6. The SMILES string of the molecule is O=C(COc1ccccc1F)N[C@@H]1CC(=O)N(c2ccc3c(c2)OCCO3)C1. The average molecular weight is 386 g/mol. The Morgan fingerprint density at radius 2 is 1.96 bits per heavy atom. The Bertz CT molecular complexity index is 904. The Morgan fingerprint density at radius 3 is 2.79 bits per heavy atom. The molecule has 2 heterocycles. The van der Waals surface area contributed by atoms with Crippen LogP contribution in [0.15, 0.2) is 42.5 Å². The molecule has 1 fully saturated rings. The van der Waals surface area contributed by atoms with Crippen LogP contribution in [0.4, 0.5) is 10.1 Å². The van der Waals surface area contributed by atoms with E-state index in [-0.39, 0.29) is 30.7 Å². The first-order valence-electron chi connectivity index (χ1n) is 8.97. The first-order valence-corrected chi connectivity index (χ1v) is 8.97. The Morgan fingerprint density at radius 1 is 1.18 bits per heavy atom. The van der Waals surface area contributed by atoms with E-state index in [1.54, 1.807) is 35.2 Å². The molecule has 2 aromatic rings. The van der Waals surface area contributed by atoms with Crippen molar-refractivity contribution in [2.45, 2.75) is 12.5 Å². The summed E-state index contributed by atoms with van der Waals surface area (Å²) in [5, 5.41) is 2.76. The Kier molecular flexibility index (Phi) is 5.01. The topological polar surface area (TPSA) is 77.1 Å². The zero-order chi connectivity index (χ0) is 19.5. The summed E-state index contributed by atoms with van der Waals surface area (Å²) >= 11 is 0. The molecule has 1 N–H and O–H groups in total. The molecule has 7 nitrogen and oxygen atoms in total. The van der Waals surface area contributed by atoms with Crippen molar-refractivity contribution in [3.63, 3.8) is 0 Å². The number of nitrogens with zero attached hydrogens (tertiary/aromatic N) is 1. The van der Waals surface area contributed by atoms with Gasteiger partial charge in [-0.2, -0.15) is 0 Å².